The van der Waals surface area contributed by atoms with Crippen LogP contribution >= 0.6 is 11.6 Å². The van der Waals surface area contributed by atoms with E-state index in [4.69, 9.17) is 11.6 Å². The molecule has 1 unspecified atom stereocenters. The molecule has 1 aliphatic heterocycles. The van der Waals surface area contributed by atoms with Gasteiger partial charge in [0.15, 0.2) is 5.82 Å². The van der Waals surface area contributed by atoms with E-state index in [1.54, 1.807) is 24.5 Å². The minimum absolute atomic E-state index is 0.0831. The molecule has 9 heteroatoms. The molecule has 2 aromatic heterocycles. The second-order valence-electron chi connectivity index (χ2n) is 10.5. The number of pyridine rings is 2. The number of carbonyl (C=O) groups is 1. The fourth-order valence-electron chi connectivity index (χ4n) is 5.55. The molecule has 3 aromatic carbocycles. The summed E-state index contributed by atoms with van der Waals surface area (Å²) in [6, 6.07) is 23.1. The van der Waals surface area contributed by atoms with E-state index in [1.807, 2.05) is 48.5 Å². The highest BCUT2D eigenvalue weighted by atomic mass is 35.5. The summed E-state index contributed by atoms with van der Waals surface area (Å²) < 4.78 is 30.2. The van der Waals surface area contributed by atoms with Crippen LogP contribution < -0.4 is 15.4 Å². The van der Waals surface area contributed by atoms with Crippen LogP contribution in [0.4, 0.5) is 25.8 Å². The number of anilines is 3. The molecular weight excluding hydrogens is 570 g/mol. The van der Waals surface area contributed by atoms with Crippen LogP contribution in [0.3, 0.4) is 0 Å². The van der Waals surface area contributed by atoms with Crippen LogP contribution in [0.2, 0.25) is 5.02 Å². The lowest BCUT2D eigenvalue weighted by molar-refractivity contribution is -0.909. The highest BCUT2D eigenvalue weighted by molar-refractivity contribution is 6.31. The van der Waals surface area contributed by atoms with Gasteiger partial charge in [-0.25, -0.2) is 8.78 Å². The van der Waals surface area contributed by atoms with Gasteiger partial charge >= 0.3 is 0 Å². The fraction of sp³-hybridized carbons (Fsp3) is 0.147. The van der Waals surface area contributed by atoms with E-state index in [0.717, 1.165) is 51.3 Å². The van der Waals surface area contributed by atoms with E-state index in [0.29, 0.717) is 30.6 Å². The van der Waals surface area contributed by atoms with Gasteiger partial charge in [0.1, 0.15) is 5.82 Å². The summed E-state index contributed by atoms with van der Waals surface area (Å²) >= 11 is 5.90. The zero-order chi connectivity index (χ0) is 29.9. The number of aromatic nitrogens is 2. The van der Waals surface area contributed by atoms with Crippen LogP contribution in [-0.2, 0) is 4.79 Å². The molecule has 216 valence electrons. The third kappa shape index (κ3) is 6.05. The number of hydrogen-bond acceptors (Lipinski definition) is 4. The lowest BCUT2D eigenvalue weighted by atomic mass is 9.87. The number of carbonyl (C=O) groups excluding carboxylic acids is 1. The summed E-state index contributed by atoms with van der Waals surface area (Å²) in [5.74, 6) is -1.99. The topological polar surface area (TPSA) is 78.1 Å². The Kier molecular flexibility index (Phi) is 8.03. The van der Waals surface area contributed by atoms with Crippen molar-refractivity contribution >= 4 is 34.6 Å². The van der Waals surface area contributed by atoms with E-state index in [-0.39, 0.29) is 28.0 Å². The molecular formula is C34H28ClF2N4O2+. The predicted octanol–water partition coefficient (Wildman–Crippen LogP) is 8.26. The number of halogens is 3. The first-order valence-electron chi connectivity index (χ1n) is 14.0. The van der Waals surface area contributed by atoms with Crippen molar-refractivity contribution in [3.8, 4) is 22.3 Å². The van der Waals surface area contributed by atoms with E-state index >= 15 is 0 Å². The van der Waals surface area contributed by atoms with Crippen molar-refractivity contribution in [2.75, 3.05) is 10.6 Å². The predicted molar refractivity (Wildman–Crippen MR) is 163 cm³/mol. The Morgan fingerprint density at radius 2 is 1.84 bits per heavy atom. The standard InChI is InChI=1S/C34H27ClF2N4O2/c35-28-13-14-29(36)33(34(28)37)23-10-15-31(41(43)20-23)27-8-1-2-9-32(42)40-30-18-24(39-25-7-4-16-38-19-25)11-12-26(30)21-5-3-6-22(27)17-21/h3-7,10-20,27,39H,1-2,8-9H2,(H-,40,42,43)/p+1. The number of amides is 1. The van der Waals surface area contributed by atoms with Gasteiger partial charge in [-0.05, 0) is 66.4 Å². The maximum absolute atomic E-state index is 14.7. The second kappa shape index (κ2) is 12.2. The van der Waals surface area contributed by atoms with E-state index in [9.17, 15) is 18.8 Å². The van der Waals surface area contributed by atoms with Crippen LogP contribution in [0.1, 0.15) is 42.9 Å². The molecule has 1 atom stereocenters. The highest BCUT2D eigenvalue weighted by Crippen LogP contribution is 2.37. The molecule has 2 bridgehead atoms. The quantitative estimate of drug-likeness (QED) is 0.111. The molecule has 43 heavy (non-hydrogen) atoms. The van der Waals surface area contributed by atoms with Crippen molar-refractivity contribution in [1.29, 1.82) is 0 Å². The Labute approximate surface area is 252 Å². The lowest BCUT2D eigenvalue weighted by Gasteiger charge is -2.19. The number of nitrogens with one attached hydrogen (secondary N) is 2. The maximum Gasteiger partial charge on any atom is 0.241 e. The van der Waals surface area contributed by atoms with Crippen molar-refractivity contribution < 1.29 is 23.5 Å². The summed E-state index contributed by atoms with van der Waals surface area (Å²) in [6.45, 7) is 0. The van der Waals surface area contributed by atoms with Gasteiger partial charge in [-0.1, -0.05) is 48.4 Å². The SMILES string of the molecule is O=C1CCCCC(c2ccc(-c3c(F)ccc(Cl)c3F)c[n+]2O)c2cccc(c2)-c2ccc(Nc3cccnc3)cc2N1. The minimum Gasteiger partial charge on any atom is -0.354 e. The molecule has 0 spiro atoms. The smallest absolute Gasteiger partial charge is 0.241 e. The monoisotopic (exact) mass is 597 g/mol. The number of hydrogen-bond donors (Lipinski definition) is 3. The van der Waals surface area contributed by atoms with Gasteiger partial charge in [0, 0.05) is 34.7 Å². The average Bonchev–Trinajstić information content (AvgIpc) is 3.00. The van der Waals surface area contributed by atoms with Gasteiger partial charge in [0.25, 0.3) is 0 Å². The number of rotatable bonds is 4. The van der Waals surface area contributed by atoms with Crippen LogP contribution in [0.15, 0.2) is 97.5 Å². The third-order valence-electron chi connectivity index (χ3n) is 7.64. The Bertz CT molecular complexity index is 1820. The van der Waals surface area contributed by atoms with E-state index in [1.165, 1.54) is 6.20 Å². The van der Waals surface area contributed by atoms with Crippen molar-refractivity contribution in [3.05, 3.63) is 125 Å². The summed E-state index contributed by atoms with van der Waals surface area (Å²) in [5, 5.41) is 17.3. The highest BCUT2D eigenvalue weighted by Gasteiger charge is 2.28. The fourth-order valence-corrected chi connectivity index (χ4v) is 5.71. The number of nitrogens with zero attached hydrogens (tertiary/aromatic N) is 2. The van der Waals surface area contributed by atoms with Gasteiger partial charge in [-0.2, -0.15) is 0 Å². The molecule has 0 radical (unpaired) electrons. The van der Waals surface area contributed by atoms with Crippen molar-refractivity contribution in [2.24, 2.45) is 0 Å². The first-order chi connectivity index (χ1) is 20.9. The van der Waals surface area contributed by atoms with E-state index in [2.05, 4.69) is 21.7 Å². The molecule has 0 saturated heterocycles. The largest absolute Gasteiger partial charge is 0.354 e. The average molecular weight is 598 g/mol. The molecule has 5 aromatic rings. The van der Waals surface area contributed by atoms with Gasteiger partial charge in [0.05, 0.1) is 39.6 Å². The van der Waals surface area contributed by atoms with Gasteiger partial charge < -0.3 is 10.6 Å². The molecule has 3 N–H and O–H groups in total. The van der Waals surface area contributed by atoms with Crippen molar-refractivity contribution in [2.45, 2.75) is 31.6 Å². The lowest BCUT2D eigenvalue weighted by Crippen LogP contribution is -2.37. The molecule has 0 saturated carbocycles. The van der Waals surface area contributed by atoms with Crippen LogP contribution in [0, 0.1) is 11.6 Å². The molecule has 1 aliphatic rings. The Balaban J connectivity index is 1.39. The molecule has 3 heterocycles. The molecule has 0 aliphatic carbocycles. The van der Waals surface area contributed by atoms with E-state index < -0.39 is 11.6 Å². The van der Waals surface area contributed by atoms with Gasteiger partial charge in [0.2, 0.25) is 17.8 Å². The van der Waals surface area contributed by atoms with Gasteiger partial charge in [-0.15, -0.1) is 0 Å². The van der Waals surface area contributed by atoms with Gasteiger partial charge in [-0.3, -0.25) is 15.0 Å². The Morgan fingerprint density at radius 1 is 0.953 bits per heavy atom. The molecule has 6 rings (SSSR count). The summed E-state index contributed by atoms with van der Waals surface area (Å²) in [4.78, 5) is 17.1. The van der Waals surface area contributed by atoms with Crippen LogP contribution in [-0.4, -0.2) is 16.1 Å². The van der Waals surface area contributed by atoms with Crippen molar-refractivity contribution in [1.82, 2.24) is 4.98 Å². The van der Waals surface area contributed by atoms with Crippen LogP contribution in [0.5, 0.6) is 0 Å². The summed E-state index contributed by atoms with van der Waals surface area (Å²) in [6.07, 6.45) is 7.08. The minimum atomic E-state index is -0.885. The summed E-state index contributed by atoms with van der Waals surface area (Å²) in [5.41, 5.74) is 5.44. The van der Waals surface area contributed by atoms with Crippen LogP contribution in [0.25, 0.3) is 22.3 Å². The van der Waals surface area contributed by atoms with Crippen molar-refractivity contribution in [3.63, 3.8) is 0 Å². The zero-order valence-electron chi connectivity index (χ0n) is 23.0. The number of benzene rings is 3. The first-order valence-corrected chi connectivity index (χ1v) is 14.3. The summed E-state index contributed by atoms with van der Waals surface area (Å²) in [7, 11) is 0. The Morgan fingerprint density at radius 3 is 2.65 bits per heavy atom. The second-order valence-corrected chi connectivity index (χ2v) is 10.9. The zero-order valence-corrected chi connectivity index (χ0v) is 23.8. The number of fused-ring (bicyclic) bond motifs is 4. The molecule has 6 nitrogen and oxygen atoms in total. The normalized spacial score (nSPS) is 15.0. The third-order valence-corrected chi connectivity index (χ3v) is 7.93. The maximum atomic E-state index is 14.7. The Hall–Kier alpha value is -4.82. The first kappa shape index (κ1) is 28.3. The molecule has 1 amide bonds. The molecule has 0 fully saturated rings.